The number of nitrogens with zero attached hydrogens (tertiary/aromatic N) is 1. The van der Waals surface area contributed by atoms with E-state index in [9.17, 15) is 0 Å². The van der Waals surface area contributed by atoms with E-state index in [1.807, 2.05) is 0 Å². The van der Waals surface area contributed by atoms with Gasteiger partial charge in [-0.3, -0.25) is 0 Å². The summed E-state index contributed by atoms with van der Waals surface area (Å²) in [6.45, 7) is 0. The maximum absolute atomic E-state index is 6.69. The molecule has 0 amide bonds. The van der Waals surface area contributed by atoms with Gasteiger partial charge < -0.3 is 5.73 Å². The number of fused-ring (bicyclic) bond motifs is 10. The zero-order valence-corrected chi connectivity index (χ0v) is 15.9. The molecule has 0 saturated heterocycles. The first-order chi connectivity index (χ1) is 10.6. The van der Waals surface area contributed by atoms with Gasteiger partial charge in [-0.25, -0.2) is 4.98 Å². The average Bonchev–Trinajstić information content (AvgIpc) is 2.88. The fraction of sp³-hybridized carbons (Fsp3) is 0.833. The molecule has 0 spiro atoms. The van der Waals surface area contributed by atoms with E-state index in [0.717, 1.165) is 16.9 Å². The minimum atomic E-state index is 0.0948. The first-order valence-corrected chi connectivity index (χ1v) is 10.7. The number of aromatic nitrogens is 1. The van der Waals surface area contributed by atoms with Crippen LogP contribution in [0.25, 0.3) is 0 Å². The van der Waals surface area contributed by atoms with Crippen molar-refractivity contribution in [1.29, 1.82) is 0 Å². The molecule has 3 saturated carbocycles. The maximum Gasteiger partial charge on any atom is 0.117 e. The quantitative estimate of drug-likeness (QED) is 0.643. The fourth-order valence-corrected chi connectivity index (χ4v) is 5.83. The normalized spacial score (nSPS) is 34.6. The Labute approximate surface area is 147 Å². The molecule has 3 aliphatic rings. The zero-order chi connectivity index (χ0) is 15.4. The Bertz CT molecular complexity index is 467. The van der Waals surface area contributed by atoms with Gasteiger partial charge in [-0.05, 0) is 47.5 Å². The minimum Gasteiger partial charge on any atom is -0.325 e. The summed E-state index contributed by atoms with van der Waals surface area (Å²) in [5.41, 5.74) is 6.79. The number of halogens is 1. The molecule has 2 bridgehead atoms. The van der Waals surface area contributed by atoms with E-state index in [1.54, 1.807) is 11.3 Å². The molecule has 1 atom stereocenters. The molecule has 4 rings (SSSR count). The van der Waals surface area contributed by atoms with Crippen molar-refractivity contribution in [1.82, 2.24) is 4.98 Å². The van der Waals surface area contributed by atoms with Crippen LogP contribution in [0.2, 0.25) is 0 Å². The molecule has 3 aliphatic carbocycles. The zero-order valence-electron chi connectivity index (χ0n) is 13.5. The van der Waals surface area contributed by atoms with Gasteiger partial charge >= 0.3 is 0 Å². The average molecular weight is 385 g/mol. The Balaban J connectivity index is 1.64. The van der Waals surface area contributed by atoms with Crippen LogP contribution in [0.1, 0.15) is 88.0 Å². The highest BCUT2D eigenvalue weighted by atomic mass is 79.9. The topological polar surface area (TPSA) is 38.9 Å². The van der Waals surface area contributed by atoms with Crippen molar-refractivity contribution in [3.05, 3.63) is 15.0 Å². The van der Waals surface area contributed by atoms with Crippen molar-refractivity contribution in [2.24, 2.45) is 11.7 Å². The van der Waals surface area contributed by atoms with Gasteiger partial charge in [-0.2, -0.15) is 0 Å². The van der Waals surface area contributed by atoms with Crippen molar-refractivity contribution < 1.29 is 0 Å². The van der Waals surface area contributed by atoms with Crippen LogP contribution >= 0.6 is 27.3 Å². The highest BCUT2D eigenvalue weighted by Crippen LogP contribution is 2.46. The summed E-state index contributed by atoms with van der Waals surface area (Å²) in [6, 6.07) is 0. The van der Waals surface area contributed by atoms with E-state index in [-0.39, 0.29) is 5.54 Å². The van der Waals surface area contributed by atoms with Crippen LogP contribution in [0, 0.1) is 5.92 Å². The lowest BCUT2D eigenvalue weighted by Crippen LogP contribution is -2.52. The van der Waals surface area contributed by atoms with Gasteiger partial charge in [0, 0.05) is 16.8 Å². The van der Waals surface area contributed by atoms with Gasteiger partial charge in [-0.1, -0.05) is 51.4 Å². The lowest BCUT2D eigenvalue weighted by atomic mass is 9.63. The number of nitrogens with two attached hydrogens (primary N) is 1. The van der Waals surface area contributed by atoms with Crippen LogP contribution in [0.15, 0.2) is 9.98 Å². The smallest absolute Gasteiger partial charge is 0.117 e. The Morgan fingerprint density at radius 1 is 1.00 bits per heavy atom. The molecule has 22 heavy (non-hydrogen) atoms. The molecule has 1 heterocycles. The maximum atomic E-state index is 6.69. The van der Waals surface area contributed by atoms with Crippen LogP contribution in [-0.2, 0) is 0 Å². The molecule has 0 aliphatic heterocycles. The predicted octanol–water partition coefficient (Wildman–Crippen LogP) is 6.01. The molecule has 2 nitrogen and oxygen atoms in total. The van der Waals surface area contributed by atoms with Gasteiger partial charge in [0.15, 0.2) is 0 Å². The summed E-state index contributed by atoms with van der Waals surface area (Å²) in [5, 5.41) is 3.42. The van der Waals surface area contributed by atoms with Gasteiger partial charge in [0.2, 0.25) is 0 Å². The van der Waals surface area contributed by atoms with Crippen molar-refractivity contribution in [2.75, 3.05) is 0 Å². The number of rotatable bonds is 1. The Kier molecular flexibility index (Phi) is 5.97. The van der Waals surface area contributed by atoms with E-state index in [2.05, 4.69) is 21.3 Å². The summed E-state index contributed by atoms with van der Waals surface area (Å²) in [6.07, 6.45) is 16.2. The molecule has 0 aromatic carbocycles. The van der Waals surface area contributed by atoms with Crippen LogP contribution in [-0.4, -0.2) is 10.5 Å². The van der Waals surface area contributed by atoms with Gasteiger partial charge in [0.25, 0.3) is 0 Å². The lowest BCUT2D eigenvalue weighted by molar-refractivity contribution is 0.115. The highest BCUT2D eigenvalue weighted by molar-refractivity contribution is 9.10. The Hall–Kier alpha value is 0.0700. The van der Waals surface area contributed by atoms with Crippen molar-refractivity contribution in [2.45, 2.75) is 88.5 Å². The molecule has 1 unspecified atom stereocenters. The minimum absolute atomic E-state index is 0.0948. The van der Waals surface area contributed by atoms with Gasteiger partial charge in [0.1, 0.15) is 4.60 Å². The van der Waals surface area contributed by atoms with Crippen molar-refractivity contribution in [3.63, 3.8) is 0 Å². The molecule has 1 aromatic rings. The summed E-state index contributed by atoms with van der Waals surface area (Å²) in [5.74, 6) is 1.47. The molecule has 2 N–H and O–H groups in total. The first-order valence-electron chi connectivity index (χ1n) is 9.04. The molecular weight excluding hydrogens is 356 g/mol. The summed E-state index contributed by atoms with van der Waals surface area (Å²) in [4.78, 5) is 4.70. The predicted molar refractivity (Wildman–Crippen MR) is 98.4 cm³/mol. The van der Waals surface area contributed by atoms with Crippen LogP contribution in [0.5, 0.6) is 0 Å². The SMILES string of the molecule is NC12CC(CCCCCCCCCC(c3nc(Br)cs3)C1)C2. The van der Waals surface area contributed by atoms with Crippen LogP contribution in [0.3, 0.4) is 0 Å². The highest BCUT2D eigenvalue weighted by Gasteiger charge is 2.42. The molecular formula is C18H29BrN2S. The van der Waals surface area contributed by atoms with Crippen LogP contribution in [0.4, 0.5) is 0 Å². The third-order valence-electron chi connectivity index (χ3n) is 5.55. The lowest BCUT2D eigenvalue weighted by Gasteiger charge is -2.47. The standard InChI is InChI=1S/C18H29BrN2S/c19-16-13-22-17(21-16)15-9-7-5-3-1-2-4-6-8-14-10-18(20,11-14)12-15/h13-15H,1-12,20H2. The largest absolute Gasteiger partial charge is 0.325 e. The second-order valence-electron chi connectivity index (χ2n) is 7.60. The van der Waals surface area contributed by atoms with Crippen molar-refractivity contribution in [3.8, 4) is 0 Å². The fourth-order valence-electron chi connectivity index (χ4n) is 4.43. The number of hydrogen-bond donors (Lipinski definition) is 1. The van der Waals surface area contributed by atoms with E-state index in [0.29, 0.717) is 5.92 Å². The summed E-state index contributed by atoms with van der Waals surface area (Å²) in [7, 11) is 0. The molecule has 1 aromatic heterocycles. The van der Waals surface area contributed by atoms with Crippen molar-refractivity contribution >= 4 is 27.3 Å². The number of hydrogen-bond acceptors (Lipinski definition) is 3. The van der Waals surface area contributed by atoms with Gasteiger partial charge in [-0.15, -0.1) is 11.3 Å². The Morgan fingerprint density at radius 2 is 1.64 bits per heavy atom. The second kappa shape index (κ2) is 7.76. The van der Waals surface area contributed by atoms with E-state index >= 15 is 0 Å². The van der Waals surface area contributed by atoms with E-state index in [4.69, 9.17) is 10.7 Å². The monoisotopic (exact) mass is 384 g/mol. The summed E-state index contributed by atoms with van der Waals surface area (Å²) >= 11 is 5.32. The molecule has 124 valence electrons. The molecule has 0 radical (unpaired) electrons. The van der Waals surface area contributed by atoms with Gasteiger partial charge in [0.05, 0.1) is 5.01 Å². The molecule has 4 heteroatoms. The Morgan fingerprint density at radius 3 is 2.27 bits per heavy atom. The summed E-state index contributed by atoms with van der Waals surface area (Å²) < 4.78 is 0.990. The van der Waals surface area contributed by atoms with Crippen LogP contribution < -0.4 is 5.73 Å². The second-order valence-corrected chi connectivity index (χ2v) is 9.30. The molecule has 3 fully saturated rings. The van der Waals surface area contributed by atoms with E-state index < -0.39 is 0 Å². The number of thiazole rings is 1. The first kappa shape index (κ1) is 16.9. The van der Waals surface area contributed by atoms with E-state index in [1.165, 1.54) is 75.6 Å². The third-order valence-corrected chi connectivity index (χ3v) is 7.27. The third kappa shape index (κ3) is 4.55.